The number of carbonyl (C=O) groups is 3. The summed E-state index contributed by atoms with van der Waals surface area (Å²) >= 11 is 0. The van der Waals surface area contributed by atoms with Crippen molar-refractivity contribution < 1.29 is 28.6 Å². The van der Waals surface area contributed by atoms with Crippen LogP contribution < -0.4 is 0 Å². The van der Waals surface area contributed by atoms with Crippen LogP contribution in [0, 0.1) is 17.8 Å². The van der Waals surface area contributed by atoms with Crippen molar-refractivity contribution in [2.24, 2.45) is 17.8 Å². The molecule has 0 heterocycles. The Morgan fingerprint density at radius 2 is 0.530 bits per heavy atom. The van der Waals surface area contributed by atoms with Crippen molar-refractivity contribution >= 4 is 17.9 Å². The summed E-state index contributed by atoms with van der Waals surface area (Å²) in [5.41, 5.74) is 0. The third kappa shape index (κ3) is 51.8. The maximum Gasteiger partial charge on any atom is 0.306 e. The molecule has 0 aliphatic heterocycles. The van der Waals surface area contributed by atoms with Gasteiger partial charge in [0.05, 0.1) is 0 Å². The zero-order valence-electron chi connectivity index (χ0n) is 45.5. The number of hydrogen-bond donors (Lipinski definition) is 0. The van der Waals surface area contributed by atoms with Crippen molar-refractivity contribution in [1.29, 1.82) is 0 Å². The molecule has 0 rings (SSSR count). The molecule has 0 fully saturated rings. The SMILES string of the molecule is CCC(C)CCCCCCCCCCCCCCCCC(=O)O[C@H](COC(=O)CCCCCCCCCCCCCCCCCCCCC(C)C)COC(=O)CCCCCCCCC(C)C. The number of hydrogen-bond acceptors (Lipinski definition) is 6. The average Bonchev–Trinajstić information content (AvgIpc) is 3.29. The minimum atomic E-state index is -0.764. The van der Waals surface area contributed by atoms with Gasteiger partial charge in [0.1, 0.15) is 13.2 Å². The number of unbranched alkanes of at least 4 members (excludes halogenated alkanes) is 35. The quantitative estimate of drug-likeness (QED) is 0.0343. The van der Waals surface area contributed by atoms with E-state index in [-0.39, 0.29) is 31.1 Å². The van der Waals surface area contributed by atoms with Gasteiger partial charge in [0.25, 0.3) is 0 Å². The Morgan fingerprint density at radius 1 is 0.303 bits per heavy atom. The van der Waals surface area contributed by atoms with Crippen LogP contribution in [0.5, 0.6) is 0 Å². The van der Waals surface area contributed by atoms with Gasteiger partial charge in [-0.1, -0.05) is 292 Å². The standard InChI is InChI=1S/C60H116O6/c1-7-56(6)48-42-36-29-25-21-17-14-15-19-23-27-31-39-45-51-60(63)66-57(53-65-59(62)50-44-38-33-32-35-41-47-55(4)5)52-64-58(61)49-43-37-30-26-22-18-13-11-9-8-10-12-16-20-24-28-34-40-46-54(2)3/h54-57H,7-53H2,1-6H3/t56?,57-/m1/s1. The molecule has 0 amide bonds. The lowest BCUT2D eigenvalue weighted by molar-refractivity contribution is -0.167. The van der Waals surface area contributed by atoms with E-state index in [2.05, 4.69) is 41.5 Å². The van der Waals surface area contributed by atoms with E-state index < -0.39 is 6.10 Å². The fourth-order valence-corrected chi connectivity index (χ4v) is 9.14. The number of ether oxygens (including phenoxy) is 3. The molecule has 0 radical (unpaired) electrons. The minimum absolute atomic E-state index is 0.0642. The van der Waals surface area contributed by atoms with E-state index in [0.717, 1.165) is 75.5 Å². The van der Waals surface area contributed by atoms with Gasteiger partial charge in [-0.3, -0.25) is 14.4 Å². The van der Waals surface area contributed by atoms with Crippen LogP contribution in [0.25, 0.3) is 0 Å². The van der Waals surface area contributed by atoms with Gasteiger partial charge in [0, 0.05) is 19.3 Å². The van der Waals surface area contributed by atoms with E-state index in [1.54, 1.807) is 0 Å². The molecular formula is C60H116O6. The van der Waals surface area contributed by atoms with Gasteiger partial charge in [-0.15, -0.1) is 0 Å². The Kier molecular flexibility index (Phi) is 50.0. The first-order chi connectivity index (χ1) is 32.1. The van der Waals surface area contributed by atoms with Crippen molar-refractivity contribution in [2.75, 3.05) is 13.2 Å². The predicted molar refractivity (Wildman–Crippen MR) is 284 cm³/mol. The highest BCUT2D eigenvalue weighted by atomic mass is 16.6. The molecule has 6 nitrogen and oxygen atoms in total. The fraction of sp³-hybridized carbons (Fsp3) is 0.950. The highest BCUT2D eigenvalue weighted by Crippen LogP contribution is 2.19. The van der Waals surface area contributed by atoms with Crippen molar-refractivity contribution in [3.8, 4) is 0 Å². The number of esters is 3. The summed E-state index contributed by atoms with van der Waals surface area (Å²) in [5, 5.41) is 0. The molecule has 0 aromatic rings. The average molecular weight is 934 g/mol. The lowest BCUT2D eigenvalue weighted by Gasteiger charge is -2.18. The Hall–Kier alpha value is -1.59. The molecule has 6 heteroatoms. The first kappa shape index (κ1) is 64.4. The largest absolute Gasteiger partial charge is 0.462 e. The van der Waals surface area contributed by atoms with Crippen LogP contribution in [0.3, 0.4) is 0 Å². The van der Waals surface area contributed by atoms with Crippen molar-refractivity contribution in [3.05, 3.63) is 0 Å². The third-order valence-corrected chi connectivity index (χ3v) is 14.0. The Morgan fingerprint density at radius 3 is 0.788 bits per heavy atom. The first-order valence-corrected chi connectivity index (χ1v) is 29.6. The first-order valence-electron chi connectivity index (χ1n) is 29.6. The molecule has 0 aromatic heterocycles. The molecule has 0 bridgehead atoms. The molecule has 0 aromatic carbocycles. The summed E-state index contributed by atoms with van der Waals surface area (Å²) in [6, 6.07) is 0. The van der Waals surface area contributed by atoms with Crippen LogP contribution in [0.4, 0.5) is 0 Å². The van der Waals surface area contributed by atoms with Gasteiger partial charge in [0.2, 0.25) is 0 Å². The summed E-state index contributed by atoms with van der Waals surface area (Å²) in [6.07, 6.45) is 54.0. The number of carbonyl (C=O) groups excluding carboxylic acids is 3. The smallest absolute Gasteiger partial charge is 0.306 e. The van der Waals surface area contributed by atoms with E-state index in [1.165, 1.54) is 212 Å². The van der Waals surface area contributed by atoms with Gasteiger partial charge in [-0.25, -0.2) is 0 Å². The molecule has 0 aliphatic carbocycles. The summed E-state index contributed by atoms with van der Waals surface area (Å²) < 4.78 is 16.9. The second-order valence-electron chi connectivity index (χ2n) is 21.8. The van der Waals surface area contributed by atoms with Gasteiger partial charge in [-0.05, 0) is 37.0 Å². The van der Waals surface area contributed by atoms with Crippen LogP contribution in [-0.2, 0) is 28.6 Å². The van der Waals surface area contributed by atoms with Crippen molar-refractivity contribution in [2.45, 2.75) is 337 Å². The predicted octanol–water partition coefficient (Wildman–Crippen LogP) is 19.5. The van der Waals surface area contributed by atoms with E-state index >= 15 is 0 Å². The lowest BCUT2D eigenvalue weighted by Crippen LogP contribution is -2.30. The number of rotatable bonds is 53. The molecule has 0 aliphatic rings. The normalized spacial score (nSPS) is 12.5. The molecule has 392 valence electrons. The molecule has 0 N–H and O–H groups in total. The maximum absolute atomic E-state index is 12.8. The summed E-state index contributed by atoms with van der Waals surface area (Å²) in [5.74, 6) is 1.67. The van der Waals surface area contributed by atoms with Gasteiger partial charge >= 0.3 is 17.9 Å². The van der Waals surface area contributed by atoms with E-state index in [1.807, 2.05) is 0 Å². The molecular weight excluding hydrogens is 817 g/mol. The molecule has 66 heavy (non-hydrogen) atoms. The lowest BCUT2D eigenvalue weighted by atomic mass is 9.99. The second kappa shape index (κ2) is 51.3. The highest BCUT2D eigenvalue weighted by molar-refractivity contribution is 5.71. The van der Waals surface area contributed by atoms with Crippen LogP contribution in [0.15, 0.2) is 0 Å². The Bertz CT molecular complexity index is 1020. The molecule has 0 saturated carbocycles. The molecule has 0 spiro atoms. The summed E-state index contributed by atoms with van der Waals surface area (Å²) in [6.45, 7) is 13.7. The van der Waals surface area contributed by atoms with Crippen LogP contribution >= 0.6 is 0 Å². The van der Waals surface area contributed by atoms with Crippen LogP contribution in [0.1, 0.15) is 330 Å². The summed E-state index contributed by atoms with van der Waals surface area (Å²) in [4.78, 5) is 38.1. The molecule has 0 saturated heterocycles. The van der Waals surface area contributed by atoms with Crippen LogP contribution in [-0.4, -0.2) is 37.2 Å². The molecule has 2 atom stereocenters. The third-order valence-electron chi connectivity index (χ3n) is 14.0. The van der Waals surface area contributed by atoms with Crippen molar-refractivity contribution in [1.82, 2.24) is 0 Å². The minimum Gasteiger partial charge on any atom is -0.462 e. The molecule has 1 unspecified atom stereocenters. The highest BCUT2D eigenvalue weighted by Gasteiger charge is 2.19. The maximum atomic E-state index is 12.8. The van der Waals surface area contributed by atoms with E-state index in [0.29, 0.717) is 19.3 Å². The van der Waals surface area contributed by atoms with Gasteiger partial charge in [0.15, 0.2) is 6.10 Å². The fourth-order valence-electron chi connectivity index (χ4n) is 9.14. The second-order valence-corrected chi connectivity index (χ2v) is 21.8. The van der Waals surface area contributed by atoms with Crippen LogP contribution in [0.2, 0.25) is 0 Å². The Labute approximate surface area is 412 Å². The van der Waals surface area contributed by atoms with E-state index in [4.69, 9.17) is 14.2 Å². The zero-order chi connectivity index (χ0) is 48.4. The van der Waals surface area contributed by atoms with E-state index in [9.17, 15) is 14.4 Å². The van der Waals surface area contributed by atoms with Gasteiger partial charge < -0.3 is 14.2 Å². The van der Waals surface area contributed by atoms with Gasteiger partial charge in [-0.2, -0.15) is 0 Å². The zero-order valence-corrected chi connectivity index (χ0v) is 45.5. The van der Waals surface area contributed by atoms with Crippen molar-refractivity contribution in [3.63, 3.8) is 0 Å². The topological polar surface area (TPSA) is 78.9 Å². The monoisotopic (exact) mass is 933 g/mol. The Balaban J connectivity index is 4.19. The summed E-state index contributed by atoms with van der Waals surface area (Å²) in [7, 11) is 0.